The van der Waals surface area contributed by atoms with Crippen LogP contribution >= 0.6 is 0 Å². The van der Waals surface area contributed by atoms with Crippen molar-refractivity contribution in [3.8, 4) is 11.5 Å². The molecule has 37 heavy (non-hydrogen) atoms. The van der Waals surface area contributed by atoms with Crippen molar-refractivity contribution in [1.29, 1.82) is 0 Å². The van der Waals surface area contributed by atoms with Gasteiger partial charge in [-0.1, -0.05) is 64.1 Å². The predicted molar refractivity (Wildman–Crippen MR) is 145 cm³/mol. The standard InChI is InChI=1S/C32H43NO4/c1-28(2,3)31(6,34)23-18-29(4)24-17-21-13-14-22(36-19-20-11-9-8-10-12-20)26-25(21)32(29,15-16-33-24)27(37-26)30(23,5)35-7/h8-14,23-24,27,33-34H,15-19H2,1-7H3/t23-,24+,27-,29+,30+,31?,32?/m0/s1. The summed E-state index contributed by atoms with van der Waals surface area (Å²) in [6, 6.07) is 15.0. The molecule has 200 valence electrons. The number of nitrogens with one attached hydrogen (secondary N) is 1. The zero-order valence-corrected chi connectivity index (χ0v) is 23.5. The Morgan fingerprint density at radius 1 is 1.08 bits per heavy atom. The maximum Gasteiger partial charge on any atom is 0.166 e. The van der Waals surface area contributed by atoms with Gasteiger partial charge in [0.1, 0.15) is 18.3 Å². The van der Waals surface area contributed by atoms with E-state index in [0.717, 1.165) is 42.9 Å². The normalized spacial score (nSPS) is 37.4. The maximum absolute atomic E-state index is 12.2. The van der Waals surface area contributed by atoms with Crippen LogP contribution in [0.5, 0.6) is 11.5 Å². The molecule has 2 unspecified atom stereocenters. The zero-order chi connectivity index (χ0) is 26.4. The number of piperidine rings is 1. The molecule has 4 aliphatic rings. The van der Waals surface area contributed by atoms with Crippen LogP contribution in [0, 0.1) is 16.7 Å². The molecule has 2 aliphatic carbocycles. The molecule has 6 rings (SSSR count). The highest BCUT2D eigenvalue weighted by molar-refractivity contribution is 5.63. The average Bonchev–Trinajstić information content (AvgIpc) is 3.21. The van der Waals surface area contributed by atoms with Gasteiger partial charge in [-0.25, -0.2) is 0 Å². The van der Waals surface area contributed by atoms with Gasteiger partial charge in [-0.3, -0.25) is 0 Å². The van der Waals surface area contributed by atoms with Crippen molar-refractivity contribution in [2.45, 2.75) is 96.2 Å². The molecule has 2 bridgehead atoms. The third kappa shape index (κ3) is 3.14. The first kappa shape index (κ1) is 25.2. The minimum absolute atomic E-state index is 0.0931. The van der Waals surface area contributed by atoms with Crippen molar-refractivity contribution in [3.63, 3.8) is 0 Å². The van der Waals surface area contributed by atoms with Crippen molar-refractivity contribution >= 4 is 0 Å². The van der Waals surface area contributed by atoms with Crippen molar-refractivity contribution in [1.82, 2.24) is 5.32 Å². The Morgan fingerprint density at radius 3 is 2.49 bits per heavy atom. The smallest absolute Gasteiger partial charge is 0.166 e. The van der Waals surface area contributed by atoms with E-state index in [1.807, 2.05) is 25.1 Å². The van der Waals surface area contributed by atoms with E-state index in [0.29, 0.717) is 12.6 Å². The highest BCUT2D eigenvalue weighted by atomic mass is 16.6. The van der Waals surface area contributed by atoms with Crippen LogP contribution in [0.25, 0.3) is 0 Å². The van der Waals surface area contributed by atoms with E-state index in [2.05, 4.69) is 64.2 Å². The Hall–Kier alpha value is -2.08. The number of hydrogen-bond acceptors (Lipinski definition) is 5. The molecule has 2 aromatic carbocycles. The van der Waals surface area contributed by atoms with Crippen LogP contribution < -0.4 is 14.8 Å². The van der Waals surface area contributed by atoms with Crippen molar-refractivity contribution in [2.24, 2.45) is 16.7 Å². The SMILES string of the molecule is CO[C@]1(C)[C@@H](C(C)(O)C(C)(C)C)C[C@]2(C)[C@H]3Cc4ccc(OCc5ccccc5)c5c4C2(CCN3)[C@H]1O5. The predicted octanol–water partition coefficient (Wildman–Crippen LogP) is 5.41. The summed E-state index contributed by atoms with van der Waals surface area (Å²) in [4.78, 5) is 0. The van der Waals surface area contributed by atoms with Gasteiger partial charge < -0.3 is 24.6 Å². The molecule has 0 radical (unpaired) electrons. The zero-order valence-electron chi connectivity index (χ0n) is 23.5. The van der Waals surface area contributed by atoms with Crippen molar-refractivity contribution < 1.29 is 19.3 Å². The summed E-state index contributed by atoms with van der Waals surface area (Å²) in [5, 5.41) is 16.0. The summed E-state index contributed by atoms with van der Waals surface area (Å²) in [6.07, 6.45) is 2.59. The van der Waals surface area contributed by atoms with Crippen LogP contribution in [0.2, 0.25) is 0 Å². The molecule has 0 aromatic heterocycles. The largest absolute Gasteiger partial charge is 0.485 e. The van der Waals surface area contributed by atoms with E-state index < -0.39 is 11.2 Å². The molecule has 2 aromatic rings. The molecular weight excluding hydrogens is 462 g/mol. The van der Waals surface area contributed by atoms with E-state index in [1.54, 1.807) is 7.11 Å². The summed E-state index contributed by atoms with van der Waals surface area (Å²) in [7, 11) is 1.80. The van der Waals surface area contributed by atoms with Crippen LogP contribution in [0.4, 0.5) is 0 Å². The Morgan fingerprint density at radius 2 is 1.81 bits per heavy atom. The van der Waals surface area contributed by atoms with Crippen molar-refractivity contribution in [3.05, 3.63) is 59.2 Å². The molecule has 2 heterocycles. The van der Waals surface area contributed by atoms with Gasteiger partial charge in [0.05, 0.1) is 5.60 Å². The van der Waals surface area contributed by atoms with Gasteiger partial charge in [-0.05, 0) is 67.7 Å². The molecule has 1 saturated heterocycles. The lowest BCUT2D eigenvalue weighted by atomic mass is 9.39. The molecule has 2 N–H and O–H groups in total. The van der Waals surface area contributed by atoms with Crippen LogP contribution in [0.1, 0.15) is 71.1 Å². The third-order valence-electron chi connectivity index (χ3n) is 11.2. The first-order chi connectivity index (χ1) is 17.4. The number of hydrogen-bond donors (Lipinski definition) is 2. The molecular formula is C32H43NO4. The third-order valence-corrected chi connectivity index (χ3v) is 11.2. The van der Waals surface area contributed by atoms with Crippen LogP contribution in [0.15, 0.2) is 42.5 Å². The second-order valence-corrected chi connectivity index (χ2v) is 13.6. The molecule has 1 saturated carbocycles. The van der Waals surface area contributed by atoms with E-state index in [1.165, 1.54) is 11.1 Å². The topological polar surface area (TPSA) is 60.0 Å². The minimum Gasteiger partial charge on any atom is -0.485 e. The van der Waals surface area contributed by atoms with Crippen LogP contribution in [-0.2, 0) is 23.2 Å². The summed E-state index contributed by atoms with van der Waals surface area (Å²) in [5.74, 6) is 1.59. The van der Waals surface area contributed by atoms with E-state index >= 15 is 0 Å². The highest BCUT2D eigenvalue weighted by Crippen LogP contribution is 2.72. The number of methoxy groups -OCH3 is 1. The first-order valence-corrected chi connectivity index (χ1v) is 13.9. The first-order valence-electron chi connectivity index (χ1n) is 13.9. The lowest BCUT2D eigenvalue weighted by Crippen LogP contribution is -2.78. The van der Waals surface area contributed by atoms with Gasteiger partial charge in [0.2, 0.25) is 0 Å². The Labute approximate surface area is 221 Å². The monoisotopic (exact) mass is 505 g/mol. The second-order valence-electron chi connectivity index (χ2n) is 13.6. The fourth-order valence-electron chi connectivity index (χ4n) is 8.47. The molecule has 2 aliphatic heterocycles. The summed E-state index contributed by atoms with van der Waals surface area (Å²) in [5.41, 5.74) is 1.58. The number of rotatable bonds is 5. The van der Waals surface area contributed by atoms with Crippen molar-refractivity contribution in [2.75, 3.05) is 13.7 Å². The second kappa shape index (κ2) is 7.97. The van der Waals surface area contributed by atoms with E-state index in [9.17, 15) is 5.11 Å². The van der Waals surface area contributed by atoms with Gasteiger partial charge in [-0.2, -0.15) is 0 Å². The molecule has 5 heteroatoms. The van der Waals surface area contributed by atoms with E-state index in [4.69, 9.17) is 14.2 Å². The minimum atomic E-state index is -0.957. The molecule has 0 amide bonds. The van der Waals surface area contributed by atoms with Gasteiger partial charge in [0.15, 0.2) is 11.5 Å². The quantitative estimate of drug-likeness (QED) is 0.569. The molecule has 5 nitrogen and oxygen atoms in total. The Kier molecular flexibility index (Phi) is 5.43. The van der Waals surface area contributed by atoms with Crippen LogP contribution in [0.3, 0.4) is 0 Å². The van der Waals surface area contributed by atoms with Gasteiger partial charge >= 0.3 is 0 Å². The Bertz CT molecular complexity index is 1200. The summed E-state index contributed by atoms with van der Waals surface area (Å²) >= 11 is 0. The maximum atomic E-state index is 12.2. The number of ether oxygens (including phenoxy) is 3. The van der Waals surface area contributed by atoms with Gasteiger partial charge in [0.25, 0.3) is 0 Å². The van der Waals surface area contributed by atoms with E-state index in [-0.39, 0.29) is 28.3 Å². The molecule has 1 spiro atoms. The fourth-order valence-corrected chi connectivity index (χ4v) is 8.47. The average molecular weight is 506 g/mol. The number of aliphatic hydroxyl groups is 1. The lowest BCUT2D eigenvalue weighted by molar-refractivity contribution is -0.261. The molecule has 7 atom stereocenters. The fraction of sp³-hybridized carbons (Fsp3) is 0.625. The highest BCUT2D eigenvalue weighted by Gasteiger charge is 2.76. The van der Waals surface area contributed by atoms with Gasteiger partial charge in [0, 0.05) is 30.0 Å². The Balaban J connectivity index is 1.51. The lowest BCUT2D eigenvalue weighted by Gasteiger charge is -2.69. The summed E-state index contributed by atoms with van der Waals surface area (Å²) < 4.78 is 20.0. The van der Waals surface area contributed by atoms with Crippen LogP contribution in [-0.4, -0.2) is 42.1 Å². The van der Waals surface area contributed by atoms with Gasteiger partial charge in [-0.15, -0.1) is 0 Å². The summed E-state index contributed by atoms with van der Waals surface area (Å²) in [6.45, 7) is 14.5. The molecule has 2 fully saturated rings. The number of benzene rings is 2.